The minimum absolute atomic E-state index is 0.0185. The zero-order valence-electron chi connectivity index (χ0n) is 10.3. The van der Waals surface area contributed by atoms with Crippen molar-refractivity contribution in [3.63, 3.8) is 0 Å². The van der Waals surface area contributed by atoms with E-state index in [1.54, 1.807) is 4.90 Å². The maximum Gasteiger partial charge on any atom is 0.222 e. The number of nitriles is 1. The molecule has 1 amide bonds. The first-order chi connectivity index (χ1) is 9.11. The summed E-state index contributed by atoms with van der Waals surface area (Å²) in [6.45, 7) is 1.61. The van der Waals surface area contributed by atoms with E-state index in [-0.39, 0.29) is 10.9 Å². The van der Waals surface area contributed by atoms with Gasteiger partial charge in [-0.1, -0.05) is 11.6 Å². The van der Waals surface area contributed by atoms with E-state index in [2.05, 4.69) is 0 Å². The molecule has 1 aromatic carbocycles. The molecule has 6 heteroatoms. The highest BCUT2D eigenvalue weighted by molar-refractivity contribution is 6.31. The van der Waals surface area contributed by atoms with E-state index < -0.39 is 5.82 Å². The number of anilines is 1. The normalized spacial score (nSPS) is 14.6. The van der Waals surface area contributed by atoms with Crippen LogP contribution in [0.2, 0.25) is 5.02 Å². The molecule has 4 nitrogen and oxygen atoms in total. The Morgan fingerprint density at radius 2 is 2.32 bits per heavy atom. The van der Waals surface area contributed by atoms with E-state index in [0.29, 0.717) is 25.2 Å². The fraction of sp³-hybridized carbons (Fsp3) is 0.385. The Bertz CT molecular complexity index is 529. The van der Waals surface area contributed by atoms with Gasteiger partial charge in [-0.05, 0) is 24.6 Å². The maximum absolute atomic E-state index is 13.1. The molecule has 1 saturated heterocycles. The second-order valence-corrected chi connectivity index (χ2v) is 4.74. The first-order valence-electron chi connectivity index (χ1n) is 6.02. The lowest BCUT2D eigenvalue weighted by atomic mass is 10.3. The van der Waals surface area contributed by atoms with Gasteiger partial charge in [0.25, 0.3) is 0 Å². The van der Waals surface area contributed by atoms with E-state index in [9.17, 15) is 9.18 Å². The molecular formula is C13H13ClFN3O. The minimum Gasteiger partial charge on any atom is -0.341 e. The number of nitrogens with zero attached hydrogens (tertiary/aromatic N) is 3. The summed E-state index contributed by atoms with van der Waals surface area (Å²) in [5.74, 6) is -0.395. The van der Waals surface area contributed by atoms with E-state index in [1.165, 1.54) is 23.1 Å². The standard InChI is InChI=1S/C13H13ClFN3O/c14-11-8-10(3-4-12(11)15)18(9-16)7-6-17-5-1-2-13(17)19/h3-4,8H,1-2,5-7H2. The van der Waals surface area contributed by atoms with Crippen LogP contribution in [0.4, 0.5) is 10.1 Å². The summed E-state index contributed by atoms with van der Waals surface area (Å²) in [6, 6.07) is 4.13. The van der Waals surface area contributed by atoms with Gasteiger partial charge in [-0.15, -0.1) is 0 Å². The Hall–Kier alpha value is -1.80. The van der Waals surface area contributed by atoms with Gasteiger partial charge in [-0.2, -0.15) is 5.26 Å². The highest BCUT2D eigenvalue weighted by Gasteiger charge is 2.20. The van der Waals surface area contributed by atoms with Crippen LogP contribution < -0.4 is 4.90 Å². The van der Waals surface area contributed by atoms with E-state index in [0.717, 1.165) is 13.0 Å². The van der Waals surface area contributed by atoms with E-state index in [1.807, 2.05) is 6.19 Å². The predicted octanol–water partition coefficient (Wildman–Crippen LogP) is 2.39. The van der Waals surface area contributed by atoms with Crippen LogP contribution in [0.15, 0.2) is 18.2 Å². The minimum atomic E-state index is -0.516. The molecule has 1 aliphatic heterocycles. The number of rotatable bonds is 4. The van der Waals surface area contributed by atoms with Crippen LogP contribution in [0.1, 0.15) is 12.8 Å². The molecule has 0 aliphatic carbocycles. The highest BCUT2D eigenvalue weighted by atomic mass is 35.5. The number of amides is 1. The molecule has 0 N–H and O–H groups in total. The lowest BCUT2D eigenvalue weighted by Gasteiger charge is -2.21. The summed E-state index contributed by atoms with van der Waals surface area (Å²) in [7, 11) is 0. The van der Waals surface area contributed by atoms with Crippen molar-refractivity contribution in [3.05, 3.63) is 29.0 Å². The van der Waals surface area contributed by atoms with Gasteiger partial charge in [0.1, 0.15) is 5.82 Å². The Morgan fingerprint density at radius 3 is 2.89 bits per heavy atom. The van der Waals surface area contributed by atoms with Gasteiger partial charge in [0, 0.05) is 19.5 Å². The first kappa shape index (κ1) is 13.6. The molecule has 0 radical (unpaired) electrons. The SMILES string of the molecule is N#CN(CCN1CCCC1=O)c1ccc(F)c(Cl)c1. The molecule has 1 fully saturated rings. The van der Waals surface area contributed by atoms with Crippen LogP contribution in [0.5, 0.6) is 0 Å². The Morgan fingerprint density at radius 1 is 1.53 bits per heavy atom. The molecule has 1 heterocycles. The van der Waals surface area contributed by atoms with E-state index in [4.69, 9.17) is 16.9 Å². The van der Waals surface area contributed by atoms with Crippen molar-refractivity contribution in [1.82, 2.24) is 4.90 Å². The van der Waals surface area contributed by atoms with Crippen LogP contribution >= 0.6 is 11.6 Å². The van der Waals surface area contributed by atoms with Crippen LogP contribution in [0, 0.1) is 17.3 Å². The number of benzene rings is 1. The topological polar surface area (TPSA) is 47.3 Å². The molecular weight excluding hydrogens is 269 g/mol. The summed E-state index contributed by atoms with van der Waals surface area (Å²) in [5.41, 5.74) is 0.528. The third kappa shape index (κ3) is 3.15. The molecule has 2 rings (SSSR count). The van der Waals surface area contributed by atoms with Crippen molar-refractivity contribution in [3.8, 4) is 6.19 Å². The summed E-state index contributed by atoms with van der Waals surface area (Å²) in [5, 5.41) is 9.10. The molecule has 100 valence electrons. The summed E-state index contributed by atoms with van der Waals surface area (Å²) in [6.07, 6.45) is 3.47. The predicted molar refractivity (Wildman–Crippen MR) is 70.2 cm³/mol. The molecule has 0 saturated carbocycles. The van der Waals surface area contributed by atoms with Crippen molar-refractivity contribution in [2.24, 2.45) is 0 Å². The molecule has 1 aromatic rings. The van der Waals surface area contributed by atoms with Crippen LogP contribution in [0.25, 0.3) is 0 Å². The molecule has 0 atom stereocenters. The second kappa shape index (κ2) is 5.89. The largest absolute Gasteiger partial charge is 0.341 e. The summed E-state index contributed by atoms with van der Waals surface area (Å²) < 4.78 is 13.1. The van der Waals surface area contributed by atoms with Gasteiger partial charge in [-0.3, -0.25) is 9.69 Å². The molecule has 19 heavy (non-hydrogen) atoms. The maximum atomic E-state index is 13.1. The average Bonchev–Trinajstić information content (AvgIpc) is 2.80. The second-order valence-electron chi connectivity index (χ2n) is 4.33. The van der Waals surface area contributed by atoms with Crippen LogP contribution in [-0.4, -0.2) is 30.4 Å². The van der Waals surface area contributed by atoms with E-state index >= 15 is 0 Å². The molecule has 0 spiro atoms. The van der Waals surface area contributed by atoms with Crippen molar-refractivity contribution < 1.29 is 9.18 Å². The molecule has 1 aliphatic rings. The first-order valence-corrected chi connectivity index (χ1v) is 6.39. The van der Waals surface area contributed by atoms with Crippen molar-refractivity contribution in [2.45, 2.75) is 12.8 Å². The Kier molecular flexibility index (Phi) is 4.23. The smallest absolute Gasteiger partial charge is 0.222 e. The summed E-state index contributed by atoms with van der Waals surface area (Å²) in [4.78, 5) is 14.6. The zero-order valence-corrected chi connectivity index (χ0v) is 11.0. The van der Waals surface area contributed by atoms with Gasteiger partial charge in [-0.25, -0.2) is 4.39 Å². The van der Waals surface area contributed by atoms with Gasteiger partial charge in [0.05, 0.1) is 17.3 Å². The lowest BCUT2D eigenvalue weighted by Crippen LogP contribution is -2.33. The van der Waals surface area contributed by atoms with Gasteiger partial charge in [0.2, 0.25) is 5.91 Å². The molecule has 0 aromatic heterocycles. The van der Waals surface area contributed by atoms with Crippen LogP contribution in [-0.2, 0) is 4.79 Å². The van der Waals surface area contributed by atoms with Gasteiger partial charge >= 0.3 is 0 Å². The number of carbonyl (C=O) groups excluding carboxylic acids is 1. The number of halogens is 2. The Balaban J connectivity index is 2.02. The third-order valence-corrected chi connectivity index (χ3v) is 3.39. The van der Waals surface area contributed by atoms with Gasteiger partial charge in [0.15, 0.2) is 6.19 Å². The average molecular weight is 282 g/mol. The van der Waals surface area contributed by atoms with Crippen LogP contribution in [0.3, 0.4) is 0 Å². The Labute approximate surface area is 116 Å². The fourth-order valence-corrected chi connectivity index (χ4v) is 2.23. The number of hydrogen-bond donors (Lipinski definition) is 0. The molecule has 0 bridgehead atoms. The van der Waals surface area contributed by atoms with Gasteiger partial charge < -0.3 is 4.90 Å². The van der Waals surface area contributed by atoms with Crippen molar-refractivity contribution in [1.29, 1.82) is 5.26 Å². The third-order valence-electron chi connectivity index (χ3n) is 3.10. The number of carbonyl (C=O) groups is 1. The lowest BCUT2D eigenvalue weighted by molar-refractivity contribution is -0.127. The number of hydrogen-bond acceptors (Lipinski definition) is 3. The zero-order chi connectivity index (χ0) is 13.8. The molecule has 0 unspecified atom stereocenters. The fourth-order valence-electron chi connectivity index (χ4n) is 2.05. The monoisotopic (exact) mass is 281 g/mol. The van der Waals surface area contributed by atoms with Crippen molar-refractivity contribution >= 4 is 23.2 Å². The van der Waals surface area contributed by atoms with Crippen molar-refractivity contribution in [2.75, 3.05) is 24.5 Å². The number of likely N-dealkylation sites (tertiary alicyclic amines) is 1. The highest BCUT2D eigenvalue weighted by Crippen LogP contribution is 2.22. The quantitative estimate of drug-likeness (QED) is 0.629. The summed E-state index contributed by atoms with van der Waals surface area (Å²) >= 11 is 5.69.